The minimum absolute atomic E-state index is 0.104. The fourth-order valence-corrected chi connectivity index (χ4v) is 5.12. The molecule has 5 nitrogen and oxygen atoms in total. The molecular weight excluding hydrogens is 396 g/mol. The van der Waals surface area contributed by atoms with Gasteiger partial charge < -0.3 is 5.32 Å². The van der Waals surface area contributed by atoms with Crippen molar-refractivity contribution in [1.82, 2.24) is 9.62 Å². The van der Waals surface area contributed by atoms with Gasteiger partial charge in [0.1, 0.15) is 0 Å². The fourth-order valence-electron chi connectivity index (χ4n) is 3.37. The Bertz CT molecular complexity index is 952. The third kappa shape index (κ3) is 4.40. The zero-order valence-corrected chi connectivity index (χ0v) is 17.7. The zero-order valence-electron chi connectivity index (χ0n) is 16.1. The van der Waals surface area contributed by atoms with E-state index in [0.717, 1.165) is 24.0 Å². The molecule has 7 heteroatoms. The second-order valence-electron chi connectivity index (χ2n) is 7.10. The van der Waals surface area contributed by atoms with Crippen LogP contribution >= 0.6 is 11.6 Å². The summed E-state index contributed by atoms with van der Waals surface area (Å²) in [4.78, 5) is 13.0. The number of nitrogens with one attached hydrogen (secondary N) is 1. The normalized spacial score (nSPS) is 16.1. The lowest BCUT2D eigenvalue weighted by molar-refractivity contribution is 0.0935. The Hall–Kier alpha value is -1.89. The van der Waals surface area contributed by atoms with E-state index in [2.05, 4.69) is 5.32 Å². The third-order valence-electron chi connectivity index (χ3n) is 5.08. The molecule has 1 saturated heterocycles. The molecule has 150 valence electrons. The van der Waals surface area contributed by atoms with Crippen molar-refractivity contribution in [3.63, 3.8) is 0 Å². The van der Waals surface area contributed by atoms with Gasteiger partial charge in [-0.2, -0.15) is 4.31 Å². The minimum atomic E-state index is -3.61. The fraction of sp³-hybridized carbons (Fsp3) is 0.381. The topological polar surface area (TPSA) is 66.5 Å². The SMILES string of the molecule is CC[C@H](NC(=O)c1cc(S(=O)(=O)N2CCCC2)ccc1Cl)c1ccc(C)cc1. The van der Waals surface area contributed by atoms with Crippen molar-refractivity contribution in [2.75, 3.05) is 13.1 Å². The predicted octanol–water partition coefficient (Wildman–Crippen LogP) is 4.31. The predicted molar refractivity (Wildman–Crippen MR) is 111 cm³/mol. The highest BCUT2D eigenvalue weighted by Crippen LogP contribution is 2.26. The van der Waals surface area contributed by atoms with Crippen LogP contribution in [0.4, 0.5) is 0 Å². The van der Waals surface area contributed by atoms with E-state index in [4.69, 9.17) is 11.6 Å². The lowest BCUT2D eigenvalue weighted by Crippen LogP contribution is -2.30. The summed E-state index contributed by atoms with van der Waals surface area (Å²) in [6, 6.07) is 12.1. The number of hydrogen-bond donors (Lipinski definition) is 1. The van der Waals surface area contributed by atoms with E-state index < -0.39 is 10.0 Å². The first-order valence-electron chi connectivity index (χ1n) is 9.50. The van der Waals surface area contributed by atoms with E-state index in [1.807, 2.05) is 38.1 Å². The molecule has 0 aromatic heterocycles. The van der Waals surface area contributed by atoms with Gasteiger partial charge in [-0.25, -0.2) is 8.42 Å². The molecule has 28 heavy (non-hydrogen) atoms. The summed E-state index contributed by atoms with van der Waals surface area (Å²) in [5, 5.41) is 3.21. The third-order valence-corrected chi connectivity index (χ3v) is 7.30. The highest BCUT2D eigenvalue weighted by Gasteiger charge is 2.28. The van der Waals surface area contributed by atoms with Crippen LogP contribution < -0.4 is 5.32 Å². The number of halogens is 1. The second kappa shape index (κ2) is 8.64. The second-order valence-corrected chi connectivity index (χ2v) is 9.44. The maximum atomic E-state index is 12.9. The van der Waals surface area contributed by atoms with Gasteiger partial charge in [-0.15, -0.1) is 0 Å². The molecule has 0 saturated carbocycles. The molecule has 1 heterocycles. The average Bonchev–Trinajstić information content (AvgIpc) is 3.22. The van der Waals surface area contributed by atoms with Crippen LogP contribution in [0.3, 0.4) is 0 Å². The smallest absolute Gasteiger partial charge is 0.253 e. The lowest BCUT2D eigenvalue weighted by atomic mass is 10.0. The van der Waals surface area contributed by atoms with Crippen LogP contribution in [-0.4, -0.2) is 31.7 Å². The van der Waals surface area contributed by atoms with Crippen molar-refractivity contribution in [3.8, 4) is 0 Å². The van der Waals surface area contributed by atoms with E-state index in [0.29, 0.717) is 19.5 Å². The number of nitrogens with zero attached hydrogens (tertiary/aromatic N) is 1. The maximum absolute atomic E-state index is 12.9. The highest BCUT2D eigenvalue weighted by atomic mass is 35.5. The summed E-state index contributed by atoms with van der Waals surface area (Å²) in [6.07, 6.45) is 2.42. The number of hydrogen-bond acceptors (Lipinski definition) is 3. The molecule has 0 spiro atoms. The van der Waals surface area contributed by atoms with Crippen molar-refractivity contribution in [1.29, 1.82) is 0 Å². The van der Waals surface area contributed by atoms with Crippen molar-refractivity contribution < 1.29 is 13.2 Å². The number of carbonyl (C=O) groups excluding carboxylic acids is 1. The minimum Gasteiger partial charge on any atom is -0.345 e. The number of benzene rings is 2. The van der Waals surface area contributed by atoms with Crippen molar-refractivity contribution in [2.45, 2.75) is 44.0 Å². The van der Waals surface area contributed by atoms with Gasteiger partial charge >= 0.3 is 0 Å². The number of aryl methyl sites for hydroxylation is 1. The number of rotatable bonds is 6. The summed E-state index contributed by atoms with van der Waals surface area (Å²) in [7, 11) is -3.61. The van der Waals surface area contributed by atoms with Crippen LogP contribution in [0, 0.1) is 6.92 Å². The van der Waals surface area contributed by atoms with Gasteiger partial charge in [-0.05, 0) is 49.9 Å². The molecule has 1 amide bonds. The van der Waals surface area contributed by atoms with E-state index in [9.17, 15) is 13.2 Å². The molecule has 1 N–H and O–H groups in total. The van der Waals surface area contributed by atoms with Gasteiger partial charge in [0, 0.05) is 13.1 Å². The van der Waals surface area contributed by atoms with Gasteiger partial charge in [-0.3, -0.25) is 4.79 Å². The summed E-state index contributed by atoms with van der Waals surface area (Å²) >= 11 is 6.23. The van der Waals surface area contributed by atoms with Gasteiger partial charge in [0.05, 0.1) is 21.5 Å². The Kier molecular flexibility index (Phi) is 6.43. The lowest BCUT2D eigenvalue weighted by Gasteiger charge is -2.19. The quantitative estimate of drug-likeness (QED) is 0.756. The van der Waals surface area contributed by atoms with Gasteiger partial charge in [-0.1, -0.05) is 48.4 Å². The van der Waals surface area contributed by atoms with Crippen LogP contribution in [0.1, 0.15) is 53.7 Å². The molecule has 1 atom stereocenters. The van der Waals surface area contributed by atoms with Crippen LogP contribution in [0.15, 0.2) is 47.4 Å². The summed E-state index contributed by atoms with van der Waals surface area (Å²) in [5.41, 5.74) is 2.32. The number of sulfonamides is 1. The molecule has 1 aliphatic rings. The van der Waals surface area contributed by atoms with Crippen molar-refractivity contribution in [2.24, 2.45) is 0 Å². The van der Waals surface area contributed by atoms with Gasteiger partial charge in [0.25, 0.3) is 5.91 Å². The Morgan fingerprint density at radius 1 is 1.14 bits per heavy atom. The highest BCUT2D eigenvalue weighted by molar-refractivity contribution is 7.89. The van der Waals surface area contributed by atoms with Crippen molar-refractivity contribution in [3.05, 3.63) is 64.2 Å². The summed E-state index contributed by atoms with van der Waals surface area (Å²) in [6.45, 7) is 5.02. The standard InChI is InChI=1S/C21H25ClN2O3S/c1-3-20(16-8-6-15(2)7-9-16)23-21(25)18-14-17(10-11-19(18)22)28(26,27)24-12-4-5-13-24/h6-11,14,20H,3-5,12-13H2,1-2H3,(H,23,25)/t20-/m0/s1. The first kappa shape index (κ1) is 20.8. The van der Waals surface area contributed by atoms with Crippen LogP contribution in [0.25, 0.3) is 0 Å². The molecule has 2 aromatic rings. The molecule has 0 bridgehead atoms. The Balaban J connectivity index is 1.85. The van der Waals surface area contributed by atoms with E-state index in [1.165, 1.54) is 22.5 Å². The first-order valence-corrected chi connectivity index (χ1v) is 11.3. The molecule has 0 radical (unpaired) electrons. The molecule has 1 aliphatic heterocycles. The molecule has 3 rings (SSSR count). The molecule has 1 fully saturated rings. The van der Waals surface area contributed by atoms with Gasteiger partial charge in [0.2, 0.25) is 10.0 Å². The van der Waals surface area contributed by atoms with Crippen LogP contribution in [0.5, 0.6) is 0 Å². The first-order chi connectivity index (χ1) is 13.3. The van der Waals surface area contributed by atoms with E-state index >= 15 is 0 Å². The Morgan fingerprint density at radius 3 is 2.39 bits per heavy atom. The van der Waals surface area contributed by atoms with E-state index in [-0.39, 0.29) is 27.4 Å². The summed E-state index contributed by atoms with van der Waals surface area (Å²) < 4.78 is 27.1. The van der Waals surface area contributed by atoms with Crippen LogP contribution in [-0.2, 0) is 10.0 Å². The van der Waals surface area contributed by atoms with E-state index in [1.54, 1.807) is 0 Å². The largest absolute Gasteiger partial charge is 0.345 e. The summed E-state index contributed by atoms with van der Waals surface area (Å²) in [5.74, 6) is -0.379. The average molecular weight is 421 g/mol. The molecule has 0 unspecified atom stereocenters. The van der Waals surface area contributed by atoms with Crippen molar-refractivity contribution >= 4 is 27.5 Å². The molecular formula is C21H25ClN2O3S. The van der Waals surface area contributed by atoms with Crippen LogP contribution in [0.2, 0.25) is 5.02 Å². The number of amides is 1. The number of carbonyl (C=O) groups is 1. The Labute approximate surface area is 171 Å². The monoisotopic (exact) mass is 420 g/mol. The molecule has 2 aromatic carbocycles. The van der Waals surface area contributed by atoms with Gasteiger partial charge in [0.15, 0.2) is 0 Å². The zero-order chi connectivity index (χ0) is 20.3. The molecule has 0 aliphatic carbocycles. The Morgan fingerprint density at radius 2 is 1.79 bits per heavy atom. The maximum Gasteiger partial charge on any atom is 0.253 e.